The van der Waals surface area contributed by atoms with Gasteiger partial charge in [0.05, 0.1) is 9.82 Å². The summed E-state index contributed by atoms with van der Waals surface area (Å²) in [6.45, 7) is 0. The second-order valence-electron chi connectivity index (χ2n) is 6.53. The van der Waals surface area contributed by atoms with Gasteiger partial charge in [0, 0.05) is 16.9 Å². The van der Waals surface area contributed by atoms with Gasteiger partial charge in [-0.3, -0.25) is 14.9 Å². The molecule has 1 fully saturated rings. The minimum Gasteiger partial charge on any atom is -0.384 e. The van der Waals surface area contributed by atoms with E-state index >= 15 is 0 Å². The Kier molecular flexibility index (Phi) is 5.67. The molecule has 1 aliphatic rings. The molecule has 0 saturated heterocycles. The molecule has 9 heteroatoms. The van der Waals surface area contributed by atoms with E-state index in [1.807, 2.05) is 6.07 Å². The number of hydrogen-bond acceptors (Lipinski definition) is 7. The molecule has 0 atom stereocenters. The van der Waals surface area contributed by atoms with Gasteiger partial charge in [-0.25, -0.2) is 0 Å². The van der Waals surface area contributed by atoms with Gasteiger partial charge in [-0.05, 0) is 24.5 Å². The molecule has 142 valence electrons. The molecular weight excluding hydrogens is 378 g/mol. The van der Waals surface area contributed by atoms with Crippen molar-refractivity contribution < 1.29 is 4.92 Å². The fraction of sp³-hybridized carbons (Fsp3) is 0.316. The van der Waals surface area contributed by atoms with Crippen LogP contribution in [-0.4, -0.2) is 15.2 Å². The number of nitrogens with one attached hydrogen (secondary N) is 1. The van der Waals surface area contributed by atoms with Crippen LogP contribution in [0.5, 0.6) is 0 Å². The molecule has 2 aromatic rings. The number of nitrogens with zero attached hydrogens (tertiary/aromatic N) is 3. The molecule has 8 nitrogen and oxygen atoms in total. The van der Waals surface area contributed by atoms with Crippen LogP contribution in [-0.2, 0) is 0 Å². The topological polar surface area (TPSA) is 150 Å². The number of H-pyrrole nitrogens is 1. The molecule has 28 heavy (non-hydrogen) atoms. The first-order chi connectivity index (χ1) is 13.5. The molecule has 1 saturated carbocycles. The number of nitrogens with two attached hydrogens (primary N) is 1. The lowest BCUT2D eigenvalue weighted by Gasteiger charge is -2.21. The molecular formula is C19H17N5O3S. The zero-order chi connectivity index (χ0) is 20.3. The normalized spacial score (nSPS) is 14.2. The lowest BCUT2D eigenvalue weighted by Crippen LogP contribution is -2.16. The number of anilines is 1. The summed E-state index contributed by atoms with van der Waals surface area (Å²) in [5, 5.41) is 30.8. The van der Waals surface area contributed by atoms with Crippen molar-refractivity contribution in [1.29, 1.82) is 10.5 Å². The van der Waals surface area contributed by atoms with Crippen molar-refractivity contribution in [3.8, 4) is 23.3 Å². The predicted octanol–water partition coefficient (Wildman–Crippen LogP) is 3.70. The maximum atomic E-state index is 12.1. The molecule has 3 N–H and O–H groups in total. The maximum Gasteiger partial charge on any atom is 0.283 e. The summed E-state index contributed by atoms with van der Waals surface area (Å²) in [4.78, 5) is 26.1. The second-order valence-corrected chi connectivity index (χ2v) is 7.88. The molecule has 0 spiro atoms. The number of benzene rings is 1. The molecule has 0 amide bonds. The van der Waals surface area contributed by atoms with Gasteiger partial charge in [0.25, 0.3) is 11.2 Å². The zero-order valence-corrected chi connectivity index (χ0v) is 15.7. The Balaban J connectivity index is 2.14. The van der Waals surface area contributed by atoms with Crippen molar-refractivity contribution in [2.24, 2.45) is 0 Å². The smallest absolute Gasteiger partial charge is 0.283 e. The van der Waals surface area contributed by atoms with Gasteiger partial charge in [-0.15, -0.1) is 11.8 Å². The van der Waals surface area contributed by atoms with Gasteiger partial charge in [-0.1, -0.05) is 25.3 Å². The number of rotatable bonds is 4. The van der Waals surface area contributed by atoms with E-state index in [4.69, 9.17) is 5.73 Å². The standard InChI is InChI=1S/C19H17N5O3S/c20-9-13-17(14(10-21)19(25)23-18(13)22)11-6-7-16(15(8-11)24(26)27)28-12-4-2-1-3-5-12/h6-8,12H,1-5H2,(H3,22,23,25). The Hall–Kier alpha value is -3.30. The van der Waals surface area contributed by atoms with E-state index < -0.39 is 10.5 Å². The average Bonchev–Trinajstić information content (AvgIpc) is 2.68. The van der Waals surface area contributed by atoms with E-state index in [1.54, 1.807) is 18.2 Å². The third-order valence-electron chi connectivity index (χ3n) is 4.76. The van der Waals surface area contributed by atoms with Crippen LogP contribution < -0.4 is 11.3 Å². The molecule has 0 bridgehead atoms. The van der Waals surface area contributed by atoms with E-state index in [0.29, 0.717) is 10.1 Å². The lowest BCUT2D eigenvalue weighted by molar-refractivity contribution is -0.387. The van der Waals surface area contributed by atoms with Crippen LogP contribution in [0.3, 0.4) is 0 Å². The van der Waals surface area contributed by atoms with Crippen molar-refractivity contribution in [2.45, 2.75) is 42.2 Å². The van der Waals surface area contributed by atoms with Crippen LogP contribution in [0, 0.1) is 32.8 Å². The highest BCUT2D eigenvalue weighted by atomic mass is 32.2. The number of pyridine rings is 1. The third kappa shape index (κ3) is 3.71. The van der Waals surface area contributed by atoms with Gasteiger partial charge in [0.1, 0.15) is 29.1 Å². The van der Waals surface area contributed by atoms with Gasteiger partial charge in [0.2, 0.25) is 0 Å². The number of aromatic amines is 1. The van der Waals surface area contributed by atoms with Crippen molar-refractivity contribution in [3.05, 3.63) is 49.8 Å². The number of nitro benzene ring substituents is 1. The number of nitrogen functional groups attached to an aromatic ring is 1. The summed E-state index contributed by atoms with van der Waals surface area (Å²) < 4.78 is 0. The summed E-state index contributed by atoms with van der Waals surface area (Å²) in [6.07, 6.45) is 5.46. The first-order valence-corrected chi connectivity index (χ1v) is 9.65. The quantitative estimate of drug-likeness (QED) is 0.592. The van der Waals surface area contributed by atoms with E-state index in [2.05, 4.69) is 4.98 Å². The van der Waals surface area contributed by atoms with Crippen molar-refractivity contribution in [2.75, 3.05) is 5.73 Å². The Morgan fingerprint density at radius 2 is 1.86 bits per heavy atom. The highest BCUT2D eigenvalue weighted by Gasteiger charge is 2.24. The van der Waals surface area contributed by atoms with Crippen LogP contribution in [0.4, 0.5) is 11.5 Å². The highest BCUT2D eigenvalue weighted by Crippen LogP contribution is 2.40. The number of nitriles is 2. The first kappa shape index (κ1) is 19.5. The first-order valence-electron chi connectivity index (χ1n) is 8.77. The molecule has 3 rings (SSSR count). The monoisotopic (exact) mass is 395 g/mol. The number of thioether (sulfide) groups is 1. The van der Waals surface area contributed by atoms with Gasteiger partial charge < -0.3 is 10.7 Å². The number of nitro groups is 1. The summed E-state index contributed by atoms with van der Waals surface area (Å²) in [7, 11) is 0. The van der Waals surface area contributed by atoms with E-state index in [-0.39, 0.29) is 33.8 Å². The SMILES string of the molecule is N#Cc1c(N)[nH]c(=O)c(C#N)c1-c1ccc(SC2CCCCC2)c([N+](=O)[O-])c1. The van der Waals surface area contributed by atoms with Crippen LogP contribution in [0.1, 0.15) is 43.2 Å². The largest absolute Gasteiger partial charge is 0.384 e. The van der Waals surface area contributed by atoms with E-state index in [9.17, 15) is 25.4 Å². The Labute approximate surface area is 165 Å². The summed E-state index contributed by atoms with van der Waals surface area (Å²) in [5.41, 5.74) is 4.74. The number of hydrogen-bond donors (Lipinski definition) is 2. The molecule has 0 aliphatic heterocycles. The minimum atomic E-state index is -0.739. The van der Waals surface area contributed by atoms with Gasteiger partial charge >= 0.3 is 0 Å². The number of aromatic nitrogens is 1. The molecule has 1 aromatic carbocycles. The molecule has 1 aliphatic carbocycles. The fourth-order valence-electron chi connectivity index (χ4n) is 3.41. The second kappa shape index (κ2) is 8.15. The molecule has 0 unspecified atom stereocenters. The molecule has 0 radical (unpaired) electrons. The van der Waals surface area contributed by atoms with Gasteiger partial charge in [-0.2, -0.15) is 10.5 Å². The van der Waals surface area contributed by atoms with Crippen LogP contribution >= 0.6 is 11.8 Å². The summed E-state index contributed by atoms with van der Waals surface area (Å²) >= 11 is 1.49. The predicted molar refractivity (Wildman–Crippen MR) is 106 cm³/mol. The van der Waals surface area contributed by atoms with E-state index in [1.165, 1.54) is 24.2 Å². The van der Waals surface area contributed by atoms with Crippen molar-refractivity contribution in [1.82, 2.24) is 4.98 Å². The third-order valence-corrected chi connectivity index (χ3v) is 6.16. The van der Waals surface area contributed by atoms with Crippen molar-refractivity contribution >= 4 is 23.3 Å². The summed E-state index contributed by atoms with van der Waals surface area (Å²) in [5.74, 6) is -0.176. The Morgan fingerprint density at radius 3 is 2.46 bits per heavy atom. The highest BCUT2D eigenvalue weighted by molar-refractivity contribution is 8.00. The average molecular weight is 395 g/mol. The van der Waals surface area contributed by atoms with Gasteiger partial charge in [0.15, 0.2) is 0 Å². The van der Waals surface area contributed by atoms with Crippen LogP contribution in [0.25, 0.3) is 11.1 Å². The van der Waals surface area contributed by atoms with Crippen LogP contribution in [0.15, 0.2) is 27.9 Å². The van der Waals surface area contributed by atoms with Crippen LogP contribution in [0.2, 0.25) is 0 Å². The summed E-state index contributed by atoms with van der Waals surface area (Å²) in [6, 6.07) is 8.16. The fourth-order valence-corrected chi connectivity index (χ4v) is 4.74. The lowest BCUT2D eigenvalue weighted by atomic mass is 9.96. The Morgan fingerprint density at radius 1 is 1.18 bits per heavy atom. The minimum absolute atomic E-state index is 0.0172. The van der Waals surface area contributed by atoms with E-state index in [0.717, 1.165) is 25.7 Å². The zero-order valence-electron chi connectivity index (χ0n) is 14.9. The Bertz CT molecular complexity index is 1070. The maximum absolute atomic E-state index is 12.1. The molecule has 1 aromatic heterocycles. The van der Waals surface area contributed by atoms with Crippen molar-refractivity contribution in [3.63, 3.8) is 0 Å². The molecule has 1 heterocycles.